The zero-order valence-electron chi connectivity index (χ0n) is 17.5. The van der Waals surface area contributed by atoms with E-state index in [1.165, 1.54) is 6.20 Å². The van der Waals surface area contributed by atoms with Crippen LogP contribution in [0.25, 0.3) is 0 Å². The van der Waals surface area contributed by atoms with E-state index in [2.05, 4.69) is 25.9 Å². The molecule has 0 aliphatic heterocycles. The molecule has 0 aliphatic carbocycles. The highest BCUT2D eigenvalue weighted by Crippen LogP contribution is 2.25. The third kappa shape index (κ3) is 6.40. The van der Waals surface area contributed by atoms with Crippen molar-refractivity contribution in [2.75, 3.05) is 37.8 Å². The fourth-order valence-electron chi connectivity index (χ4n) is 2.71. The molecular formula is C22H22Cl2N6O2. The number of hydrogen-bond donors (Lipinski definition) is 3. The van der Waals surface area contributed by atoms with Gasteiger partial charge < -0.3 is 20.9 Å². The highest BCUT2D eigenvalue weighted by Gasteiger charge is 2.15. The average Bonchev–Trinajstić information content (AvgIpc) is 2.74. The highest BCUT2D eigenvalue weighted by atomic mass is 35.5. The first-order valence-corrected chi connectivity index (χ1v) is 10.5. The molecule has 10 heteroatoms. The lowest BCUT2D eigenvalue weighted by Gasteiger charge is -2.11. The molecular weight excluding hydrogens is 451 g/mol. The summed E-state index contributed by atoms with van der Waals surface area (Å²) in [5.41, 5.74) is 1.16. The van der Waals surface area contributed by atoms with E-state index in [-0.39, 0.29) is 21.5 Å². The number of anilines is 3. The summed E-state index contributed by atoms with van der Waals surface area (Å²) < 4.78 is 0. The monoisotopic (exact) mass is 472 g/mol. The van der Waals surface area contributed by atoms with Crippen molar-refractivity contribution in [3.05, 3.63) is 76.0 Å². The van der Waals surface area contributed by atoms with Crippen LogP contribution in [0.5, 0.6) is 0 Å². The third-order valence-corrected chi connectivity index (χ3v) is 4.96. The van der Waals surface area contributed by atoms with Crippen LogP contribution in [0.2, 0.25) is 10.0 Å². The standard InChI is InChI=1S/C22H22Cl2N6O2/c1-30(2)11-10-26-21(31)14-6-7-18(27-13-14)29-19-12-15(8-9-25-19)28-22(32)20-16(23)4-3-5-17(20)24/h3-9,12-13H,10-11H2,1-2H3,(H,26,31)(H2,25,27,28,29,32). The minimum atomic E-state index is -0.430. The Bertz CT molecular complexity index is 1090. The van der Waals surface area contributed by atoms with Crippen LogP contribution < -0.4 is 16.0 Å². The first-order valence-electron chi connectivity index (χ1n) is 9.71. The van der Waals surface area contributed by atoms with Gasteiger partial charge in [-0.3, -0.25) is 9.59 Å². The quantitative estimate of drug-likeness (QED) is 0.456. The van der Waals surface area contributed by atoms with Crippen LogP contribution in [-0.4, -0.2) is 53.9 Å². The predicted molar refractivity (Wildman–Crippen MR) is 127 cm³/mol. The number of aromatic nitrogens is 2. The highest BCUT2D eigenvalue weighted by molar-refractivity contribution is 6.40. The number of pyridine rings is 2. The van der Waals surface area contributed by atoms with Crippen LogP contribution in [0, 0.1) is 0 Å². The van der Waals surface area contributed by atoms with Crippen molar-refractivity contribution in [3.8, 4) is 0 Å². The molecule has 0 radical (unpaired) electrons. The van der Waals surface area contributed by atoms with E-state index in [0.717, 1.165) is 6.54 Å². The summed E-state index contributed by atoms with van der Waals surface area (Å²) in [6.07, 6.45) is 3.02. The maximum atomic E-state index is 12.6. The van der Waals surface area contributed by atoms with E-state index < -0.39 is 5.91 Å². The number of likely N-dealkylation sites (N-methyl/N-ethyl adjacent to an activating group) is 1. The average molecular weight is 473 g/mol. The molecule has 0 aliphatic rings. The van der Waals surface area contributed by atoms with E-state index in [9.17, 15) is 9.59 Å². The van der Waals surface area contributed by atoms with Gasteiger partial charge in [-0.2, -0.15) is 0 Å². The Labute approximate surface area is 196 Å². The molecule has 3 aromatic rings. The van der Waals surface area contributed by atoms with E-state index in [0.29, 0.717) is 29.4 Å². The van der Waals surface area contributed by atoms with Crippen molar-refractivity contribution in [3.63, 3.8) is 0 Å². The number of hydrogen-bond acceptors (Lipinski definition) is 6. The smallest absolute Gasteiger partial charge is 0.258 e. The molecule has 1 aromatic carbocycles. The molecule has 0 fully saturated rings. The predicted octanol–water partition coefficient (Wildman–Crippen LogP) is 4.07. The molecule has 0 bridgehead atoms. The molecule has 2 amide bonds. The molecule has 0 unspecified atom stereocenters. The summed E-state index contributed by atoms with van der Waals surface area (Å²) in [7, 11) is 3.88. The van der Waals surface area contributed by atoms with Gasteiger partial charge in [0.1, 0.15) is 11.6 Å². The first-order chi connectivity index (χ1) is 15.3. The number of nitrogens with zero attached hydrogens (tertiary/aromatic N) is 3. The molecule has 3 N–H and O–H groups in total. The molecule has 0 saturated carbocycles. The van der Waals surface area contributed by atoms with Gasteiger partial charge in [-0.1, -0.05) is 29.3 Å². The van der Waals surface area contributed by atoms with Gasteiger partial charge in [-0.15, -0.1) is 0 Å². The summed E-state index contributed by atoms with van der Waals surface area (Å²) in [6, 6.07) is 11.5. The Hall–Kier alpha value is -3.20. The lowest BCUT2D eigenvalue weighted by molar-refractivity contribution is 0.0950. The molecule has 0 atom stereocenters. The van der Waals surface area contributed by atoms with E-state index in [1.807, 2.05) is 19.0 Å². The van der Waals surface area contributed by atoms with Gasteiger partial charge in [0.05, 0.1) is 21.2 Å². The fourth-order valence-corrected chi connectivity index (χ4v) is 3.28. The van der Waals surface area contributed by atoms with Gasteiger partial charge in [0.25, 0.3) is 11.8 Å². The van der Waals surface area contributed by atoms with E-state index >= 15 is 0 Å². The Morgan fingerprint density at radius 1 is 0.969 bits per heavy atom. The van der Waals surface area contributed by atoms with Crippen LogP contribution >= 0.6 is 23.2 Å². The molecule has 3 rings (SSSR count). The largest absolute Gasteiger partial charge is 0.351 e. The van der Waals surface area contributed by atoms with Crippen molar-refractivity contribution in [1.29, 1.82) is 0 Å². The molecule has 2 heterocycles. The fraction of sp³-hybridized carbons (Fsp3) is 0.182. The molecule has 2 aromatic heterocycles. The maximum absolute atomic E-state index is 12.6. The number of amides is 2. The van der Waals surface area contributed by atoms with Crippen molar-refractivity contribution < 1.29 is 9.59 Å². The molecule has 32 heavy (non-hydrogen) atoms. The number of benzene rings is 1. The number of carbonyl (C=O) groups is 2. The normalized spacial score (nSPS) is 10.7. The third-order valence-electron chi connectivity index (χ3n) is 4.33. The van der Waals surface area contributed by atoms with Crippen molar-refractivity contribution >= 4 is 52.3 Å². The summed E-state index contributed by atoms with van der Waals surface area (Å²) in [6.45, 7) is 1.30. The zero-order chi connectivity index (χ0) is 23.1. The van der Waals surface area contributed by atoms with Crippen LogP contribution in [0.3, 0.4) is 0 Å². The number of nitrogens with one attached hydrogen (secondary N) is 3. The SMILES string of the molecule is CN(C)CCNC(=O)c1ccc(Nc2cc(NC(=O)c3c(Cl)cccc3Cl)ccn2)nc1. The Balaban J connectivity index is 1.63. The molecule has 0 saturated heterocycles. The minimum absolute atomic E-state index is 0.188. The van der Waals surface area contributed by atoms with Crippen molar-refractivity contribution in [2.45, 2.75) is 0 Å². The van der Waals surface area contributed by atoms with Gasteiger partial charge in [0.2, 0.25) is 0 Å². The molecule has 0 spiro atoms. The summed E-state index contributed by atoms with van der Waals surface area (Å²) in [5.74, 6) is 0.344. The second-order valence-corrected chi connectivity index (χ2v) is 7.91. The Morgan fingerprint density at radius 2 is 1.72 bits per heavy atom. The minimum Gasteiger partial charge on any atom is -0.351 e. The number of rotatable bonds is 8. The van der Waals surface area contributed by atoms with E-state index in [1.54, 1.807) is 48.7 Å². The van der Waals surface area contributed by atoms with Crippen molar-refractivity contribution in [1.82, 2.24) is 20.2 Å². The van der Waals surface area contributed by atoms with Crippen LogP contribution in [0.4, 0.5) is 17.3 Å². The van der Waals surface area contributed by atoms with Gasteiger partial charge in [0, 0.05) is 37.2 Å². The van der Waals surface area contributed by atoms with Crippen LogP contribution in [0.1, 0.15) is 20.7 Å². The lowest BCUT2D eigenvalue weighted by atomic mass is 10.2. The molecule has 8 nitrogen and oxygen atoms in total. The van der Waals surface area contributed by atoms with Gasteiger partial charge in [0.15, 0.2) is 0 Å². The Kier molecular flexibility index (Phi) is 7.99. The summed E-state index contributed by atoms with van der Waals surface area (Å²) in [4.78, 5) is 35.2. The molecule has 166 valence electrons. The second kappa shape index (κ2) is 10.9. The van der Waals surface area contributed by atoms with Gasteiger partial charge in [-0.05, 0) is 44.4 Å². The first kappa shape index (κ1) is 23.5. The second-order valence-electron chi connectivity index (χ2n) is 7.10. The van der Waals surface area contributed by atoms with Crippen LogP contribution in [-0.2, 0) is 0 Å². The maximum Gasteiger partial charge on any atom is 0.258 e. The topological polar surface area (TPSA) is 99.2 Å². The van der Waals surface area contributed by atoms with E-state index in [4.69, 9.17) is 23.2 Å². The van der Waals surface area contributed by atoms with Crippen LogP contribution in [0.15, 0.2) is 54.9 Å². The summed E-state index contributed by atoms with van der Waals surface area (Å²) in [5, 5.41) is 9.15. The number of halogens is 2. The lowest BCUT2D eigenvalue weighted by Crippen LogP contribution is -2.31. The summed E-state index contributed by atoms with van der Waals surface area (Å²) >= 11 is 12.2. The Morgan fingerprint density at radius 3 is 2.38 bits per heavy atom. The zero-order valence-corrected chi connectivity index (χ0v) is 19.0. The van der Waals surface area contributed by atoms with Crippen molar-refractivity contribution in [2.24, 2.45) is 0 Å². The van der Waals surface area contributed by atoms with Gasteiger partial charge >= 0.3 is 0 Å². The van der Waals surface area contributed by atoms with Gasteiger partial charge in [-0.25, -0.2) is 9.97 Å². The number of carbonyl (C=O) groups excluding carboxylic acids is 2.